The van der Waals surface area contributed by atoms with Crippen molar-refractivity contribution in [3.05, 3.63) is 35.7 Å². The van der Waals surface area contributed by atoms with E-state index in [0.29, 0.717) is 37.4 Å². The van der Waals surface area contributed by atoms with Crippen LogP contribution in [0.15, 0.2) is 18.5 Å². The Kier molecular flexibility index (Phi) is 4.10. The van der Waals surface area contributed by atoms with E-state index in [1.165, 1.54) is 4.68 Å². The van der Waals surface area contributed by atoms with Crippen LogP contribution in [-0.2, 0) is 26.2 Å². The van der Waals surface area contributed by atoms with E-state index in [2.05, 4.69) is 10.1 Å². The number of alkyl halides is 3. The minimum Gasteiger partial charge on any atom is -0.340 e. The maximum atomic E-state index is 12.7. The molecule has 3 rings (SSSR count). The van der Waals surface area contributed by atoms with Gasteiger partial charge in [0.2, 0.25) is 0 Å². The van der Waals surface area contributed by atoms with Crippen molar-refractivity contribution in [2.75, 3.05) is 13.6 Å². The summed E-state index contributed by atoms with van der Waals surface area (Å²) in [6.07, 6.45) is -0.625. The Morgan fingerprint density at radius 2 is 2.21 bits per heavy atom. The minimum absolute atomic E-state index is 0.0926. The summed E-state index contributed by atoms with van der Waals surface area (Å²) in [7, 11) is 3.39. The molecule has 2 aromatic heterocycles. The fraction of sp³-hybridized carbons (Fsp3) is 0.533. The summed E-state index contributed by atoms with van der Waals surface area (Å²) in [5.41, 5.74) is -0.367. The molecule has 1 atom stereocenters. The predicted molar refractivity (Wildman–Crippen MR) is 79.2 cm³/mol. The summed E-state index contributed by atoms with van der Waals surface area (Å²) in [5, 5.41) is 3.97. The molecular formula is C15H18F3N5O. The van der Waals surface area contributed by atoms with E-state index >= 15 is 0 Å². The number of carbonyl (C=O) groups is 1. The third kappa shape index (κ3) is 3.15. The van der Waals surface area contributed by atoms with E-state index in [1.807, 2.05) is 0 Å². The molecular weight excluding hydrogens is 323 g/mol. The molecule has 1 amide bonds. The van der Waals surface area contributed by atoms with Gasteiger partial charge in [-0.3, -0.25) is 9.48 Å². The van der Waals surface area contributed by atoms with Crippen molar-refractivity contribution >= 4 is 5.91 Å². The fourth-order valence-corrected chi connectivity index (χ4v) is 3.05. The van der Waals surface area contributed by atoms with Gasteiger partial charge in [0.25, 0.3) is 5.91 Å². The molecule has 130 valence electrons. The molecule has 1 unspecified atom stereocenters. The lowest BCUT2D eigenvalue weighted by molar-refractivity contribution is -0.141. The van der Waals surface area contributed by atoms with Crippen LogP contribution in [0.3, 0.4) is 0 Å². The lowest BCUT2D eigenvalue weighted by atomic mass is 9.99. The van der Waals surface area contributed by atoms with Gasteiger partial charge in [0, 0.05) is 46.0 Å². The number of hydrogen-bond acceptors (Lipinski definition) is 3. The minimum atomic E-state index is -4.42. The van der Waals surface area contributed by atoms with Crippen molar-refractivity contribution in [2.24, 2.45) is 13.0 Å². The Balaban J connectivity index is 1.66. The number of imidazole rings is 1. The number of aryl methyl sites for hydroxylation is 2. The summed E-state index contributed by atoms with van der Waals surface area (Å²) in [6.45, 7) is 0.907. The molecule has 9 heteroatoms. The molecule has 0 radical (unpaired) electrons. The van der Waals surface area contributed by atoms with E-state index in [1.54, 1.807) is 35.8 Å². The second-order valence-corrected chi connectivity index (χ2v) is 6.12. The molecule has 1 aliphatic heterocycles. The van der Waals surface area contributed by atoms with Gasteiger partial charge < -0.3 is 9.47 Å². The Bertz CT molecular complexity index is 749. The predicted octanol–water partition coefficient (Wildman–Crippen LogP) is 1.97. The van der Waals surface area contributed by atoms with Crippen LogP contribution in [0.4, 0.5) is 13.2 Å². The number of fused-ring (bicyclic) bond motifs is 1. The first-order valence-corrected chi connectivity index (χ1v) is 7.62. The molecule has 0 aliphatic carbocycles. The van der Waals surface area contributed by atoms with Crippen molar-refractivity contribution in [1.82, 2.24) is 24.2 Å². The van der Waals surface area contributed by atoms with Gasteiger partial charge in [0.15, 0.2) is 5.69 Å². The summed E-state index contributed by atoms with van der Waals surface area (Å²) >= 11 is 0. The first-order chi connectivity index (χ1) is 11.3. The van der Waals surface area contributed by atoms with E-state index in [0.717, 1.165) is 6.20 Å². The van der Waals surface area contributed by atoms with Crippen LogP contribution in [0.5, 0.6) is 0 Å². The molecule has 0 saturated heterocycles. The van der Waals surface area contributed by atoms with E-state index < -0.39 is 11.9 Å². The van der Waals surface area contributed by atoms with Crippen molar-refractivity contribution in [2.45, 2.75) is 25.6 Å². The van der Waals surface area contributed by atoms with E-state index in [4.69, 9.17) is 0 Å². The molecule has 0 N–H and O–H groups in total. The van der Waals surface area contributed by atoms with Crippen LogP contribution in [0.2, 0.25) is 0 Å². The molecule has 6 nitrogen and oxygen atoms in total. The number of rotatable bonds is 3. The van der Waals surface area contributed by atoms with Crippen LogP contribution in [0.1, 0.15) is 28.4 Å². The zero-order valence-electron chi connectivity index (χ0n) is 13.4. The molecule has 2 aromatic rings. The normalized spacial score (nSPS) is 17.6. The lowest BCUT2D eigenvalue weighted by Gasteiger charge is -2.28. The van der Waals surface area contributed by atoms with E-state index in [-0.39, 0.29) is 11.8 Å². The monoisotopic (exact) mass is 341 g/mol. The number of carbonyl (C=O) groups excluding carboxylic acids is 1. The maximum absolute atomic E-state index is 12.7. The summed E-state index contributed by atoms with van der Waals surface area (Å²) in [4.78, 5) is 17.6. The van der Waals surface area contributed by atoms with Gasteiger partial charge in [0.1, 0.15) is 11.5 Å². The summed E-state index contributed by atoms with van der Waals surface area (Å²) in [6, 6.07) is 1.64. The topological polar surface area (TPSA) is 56.0 Å². The number of hydrogen-bond donors (Lipinski definition) is 0. The highest BCUT2D eigenvalue weighted by molar-refractivity contribution is 5.92. The molecule has 0 bridgehead atoms. The Hall–Kier alpha value is -2.32. The third-order valence-electron chi connectivity index (χ3n) is 4.30. The lowest BCUT2D eigenvalue weighted by Crippen LogP contribution is -2.36. The molecule has 0 spiro atoms. The van der Waals surface area contributed by atoms with Gasteiger partial charge in [-0.15, -0.1) is 0 Å². The quantitative estimate of drug-likeness (QED) is 0.858. The zero-order valence-corrected chi connectivity index (χ0v) is 13.4. The van der Waals surface area contributed by atoms with Crippen LogP contribution in [0, 0.1) is 5.92 Å². The fourth-order valence-electron chi connectivity index (χ4n) is 3.05. The molecule has 0 saturated carbocycles. The largest absolute Gasteiger partial charge is 0.434 e. The van der Waals surface area contributed by atoms with Crippen molar-refractivity contribution < 1.29 is 18.0 Å². The summed E-state index contributed by atoms with van der Waals surface area (Å²) < 4.78 is 41.3. The van der Waals surface area contributed by atoms with Gasteiger partial charge in [-0.1, -0.05) is 0 Å². The molecule has 3 heterocycles. The third-order valence-corrected chi connectivity index (χ3v) is 4.30. The van der Waals surface area contributed by atoms with Crippen LogP contribution in [-0.4, -0.2) is 43.7 Å². The molecule has 0 fully saturated rings. The van der Waals surface area contributed by atoms with Gasteiger partial charge in [-0.2, -0.15) is 18.3 Å². The number of nitrogens with zero attached hydrogens (tertiary/aromatic N) is 5. The van der Waals surface area contributed by atoms with Crippen molar-refractivity contribution in [3.8, 4) is 0 Å². The van der Waals surface area contributed by atoms with Gasteiger partial charge in [0.05, 0.1) is 0 Å². The number of halogens is 3. The Morgan fingerprint density at radius 3 is 2.83 bits per heavy atom. The standard InChI is InChI=1S/C15H18F3N5O/c1-21(14(24)11-5-6-19-22(11)2)7-10-3-4-13-20-12(15(16,17)18)9-23(13)8-10/h5-6,9-10H,3-4,7-8H2,1-2H3. The summed E-state index contributed by atoms with van der Waals surface area (Å²) in [5.74, 6) is 0.400. The molecule has 0 aromatic carbocycles. The molecule has 1 aliphatic rings. The van der Waals surface area contributed by atoms with Gasteiger partial charge in [-0.25, -0.2) is 4.98 Å². The van der Waals surface area contributed by atoms with Gasteiger partial charge in [-0.05, 0) is 18.4 Å². The highest BCUT2D eigenvalue weighted by Gasteiger charge is 2.36. The number of amides is 1. The van der Waals surface area contributed by atoms with Crippen molar-refractivity contribution in [3.63, 3.8) is 0 Å². The maximum Gasteiger partial charge on any atom is 0.434 e. The van der Waals surface area contributed by atoms with Crippen LogP contribution in [0.25, 0.3) is 0 Å². The number of aromatic nitrogens is 4. The first kappa shape index (κ1) is 16.5. The highest BCUT2D eigenvalue weighted by Crippen LogP contribution is 2.30. The van der Waals surface area contributed by atoms with Crippen LogP contribution >= 0.6 is 0 Å². The Labute approximate surface area is 136 Å². The second kappa shape index (κ2) is 5.95. The van der Waals surface area contributed by atoms with Crippen LogP contribution < -0.4 is 0 Å². The molecule has 24 heavy (non-hydrogen) atoms. The highest BCUT2D eigenvalue weighted by atomic mass is 19.4. The van der Waals surface area contributed by atoms with Crippen molar-refractivity contribution in [1.29, 1.82) is 0 Å². The van der Waals surface area contributed by atoms with Gasteiger partial charge >= 0.3 is 6.18 Å². The smallest absolute Gasteiger partial charge is 0.340 e. The first-order valence-electron chi connectivity index (χ1n) is 7.62. The Morgan fingerprint density at radius 1 is 1.46 bits per heavy atom. The average molecular weight is 341 g/mol. The zero-order chi connectivity index (χ0) is 17.5. The van der Waals surface area contributed by atoms with E-state index in [9.17, 15) is 18.0 Å². The average Bonchev–Trinajstić information content (AvgIpc) is 3.11. The SMILES string of the molecule is CN(CC1CCc2nc(C(F)(F)F)cn2C1)C(=O)c1ccnn1C. The second-order valence-electron chi connectivity index (χ2n) is 6.12.